The first kappa shape index (κ1) is 10.5. The minimum Gasteiger partial charge on any atom is -0.454 e. The first-order chi connectivity index (χ1) is 7.24. The van der Waals surface area contributed by atoms with E-state index in [9.17, 15) is 4.79 Å². The van der Waals surface area contributed by atoms with E-state index in [0.717, 1.165) is 24.8 Å². The van der Waals surface area contributed by atoms with Crippen molar-refractivity contribution in [1.82, 2.24) is 0 Å². The highest BCUT2D eigenvalue weighted by Gasteiger charge is 2.32. The number of fused-ring (bicyclic) bond motifs is 1. The molecule has 1 aliphatic heterocycles. The van der Waals surface area contributed by atoms with Crippen molar-refractivity contribution in [2.24, 2.45) is 0 Å². The maximum Gasteiger partial charge on any atom is 0.339 e. The Labute approximate surface area is 94.2 Å². The van der Waals surface area contributed by atoms with Gasteiger partial charge < -0.3 is 4.74 Å². The van der Waals surface area contributed by atoms with E-state index >= 15 is 0 Å². The highest BCUT2D eigenvalue weighted by Crippen LogP contribution is 2.38. The molecule has 0 bridgehead atoms. The second-order valence-corrected chi connectivity index (χ2v) is 4.14. The summed E-state index contributed by atoms with van der Waals surface area (Å²) < 4.78 is 5.29. The summed E-state index contributed by atoms with van der Waals surface area (Å²) in [6.07, 6.45) is 2.86. The van der Waals surface area contributed by atoms with Gasteiger partial charge in [-0.05, 0) is 25.0 Å². The molecule has 0 spiro atoms. The van der Waals surface area contributed by atoms with Crippen molar-refractivity contribution in [3.8, 4) is 0 Å². The number of unbranched alkanes of at least 4 members (excludes halogenated alkanes) is 1. The van der Waals surface area contributed by atoms with Crippen LogP contribution in [0.5, 0.6) is 0 Å². The monoisotopic (exact) mass is 224 g/mol. The van der Waals surface area contributed by atoms with E-state index in [1.165, 1.54) is 0 Å². The second kappa shape index (κ2) is 4.23. The van der Waals surface area contributed by atoms with Crippen molar-refractivity contribution in [3.05, 3.63) is 34.3 Å². The van der Waals surface area contributed by atoms with E-state index in [4.69, 9.17) is 16.3 Å². The van der Waals surface area contributed by atoms with Gasteiger partial charge in [-0.2, -0.15) is 0 Å². The number of rotatable bonds is 3. The molecule has 0 saturated heterocycles. The topological polar surface area (TPSA) is 26.3 Å². The van der Waals surface area contributed by atoms with Crippen molar-refractivity contribution in [2.45, 2.75) is 32.3 Å². The van der Waals surface area contributed by atoms with Crippen LogP contribution in [0.4, 0.5) is 0 Å². The van der Waals surface area contributed by atoms with E-state index in [2.05, 4.69) is 6.92 Å². The fourth-order valence-corrected chi connectivity index (χ4v) is 2.18. The van der Waals surface area contributed by atoms with Gasteiger partial charge in [0.2, 0.25) is 0 Å². The highest BCUT2D eigenvalue weighted by molar-refractivity contribution is 6.32. The van der Waals surface area contributed by atoms with E-state index in [1.807, 2.05) is 0 Å². The zero-order valence-corrected chi connectivity index (χ0v) is 9.38. The Balaban J connectivity index is 2.31. The van der Waals surface area contributed by atoms with Gasteiger partial charge in [-0.1, -0.05) is 31.0 Å². The number of hydrogen-bond acceptors (Lipinski definition) is 2. The molecule has 1 aromatic carbocycles. The lowest BCUT2D eigenvalue weighted by Gasteiger charge is -2.10. The molecule has 1 aliphatic rings. The summed E-state index contributed by atoms with van der Waals surface area (Å²) in [5.74, 6) is -0.242. The molecular weight excluding hydrogens is 212 g/mol. The number of hydrogen-bond donors (Lipinski definition) is 0. The van der Waals surface area contributed by atoms with Gasteiger partial charge in [0.25, 0.3) is 0 Å². The van der Waals surface area contributed by atoms with Crippen LogP contribution in [-0.4, -0.2) is 5.97 Å². The van der Waals surface area contributed by atoms with Gasteiger partial charge in [-0.15, -0.1) is 0 Å². The predicted molar refractivity (Wildman–Crippen MR) is 59.1 cm³/mol. The first-order valence-corrected chi connectivity index (χ1v) is 5.61. The van der Waals surface area contributed by atoms with E-state index in [0.29, 0.717) is 10.6 Å². The van der Waals surface area contributed by atoms with Crippen LogP contribution in [0, 0.1) is 0 Å². The average molecular weight is 225 g/mol. The smallest absolute Gasteiger partial charge is 0.339 e. The molecule has 1 heterocycles. The number of benzene rings is 1. The Hall–Kier alpha value is -1.02. The third kappa shape index (κ3) is 1.86. The fourth-order valence-electron chi connectivity index (χ4n) is 1.89. The van der Waals surface area contributed by atoms with Crippen LogP contribution < -0.4 is 0 Å². The average Bonchev–Trinajstić information content (AvgIpc) is 2.55. The third-order valence-corrected chi connectivity index (χ3v) is 2.99. The number of esters is 1. The van der Waals surface area contributed by atoms with Crippen LogP contribution >= 0.6 is 11.6 Å². The zero-order valence-electron chi connectivity index (χ0n) is 8.63. The van der Waals surface area contributed by atoms with Gasteiger partial charge in [0.15, 0.2) is 0 Å². The Morgan fingerprint density at radius 3 is 3.00 bits per heavy atom. The molecule has 0 saturated carbocycles. The molecule has 1 aromatic rings. The van der Waals surface area contributed by atoms with Crippen molar-refractivity contribution in [3.63, 3.8) is 0 Å². The van der Waals surface area contributed by atoms with Gasteiger partial charge in [-0.25, -0.2) is 4.79 Å². The van der Waals surface area contributed by atoms with Crippen molar-refractivity contribution >= 4 is 17.6 Å². The molecular formula is C12H13ClO2. The molecule has 1 unspecified atom stereocenters. The summed E-state index contributed by atoms with van der Waals surface area (Å²) in [6, 6.07) is 5.36. The van der Waals surface area contributed by atoms with Gasteiger partial charge in [-0.3, -0.25) is 0 Å². The molecule has 2 rings (SSSR count). The van der Waals surface area contributed by atoms with E-state index < -0.39 is 0 Å². The zero-order chi connectivity index (χ0) is 10.8. The normalized spacial score (nSPS) is 18.8. The van der Waals surface area contributed by atoms with Crippen LogP contribution in [-0.2, 0) is 4.74 Å². The lowest BCUT2D eigenvalue weighted by molar-refractivity contribution is 0.0364. The lowest BCUT2D eigenvalue weighted by Crippen LogP contribution is -1.98. The number of carbonyl (C=O) groups excluding carboxylic acids is 1. The molecule has 80 valence electrons. The summed E-state index contributed by atoms with van der Waals surface area (Å²) in [6.45, 7) is 2.12. The largest absolute Gasteiger partial charge is 0.454 e. The Morgan fingerprint density at radius 2 is 2.27 bits per heavy atom. The summed E-state index contributed by atoms with van der Waals surface area (Å²) in [7, 11) is 0. The maximum atomic E-state index is 11.5. The summed E-state index contributed by atoms with van der Waals surface area (Å²) in [4.78, 5) is 11.5. The molecule has 1 atom stereocenters. The molecule has 0 amide bonds. The molecule has 0 N–H and O–H groups in total. The number of cyclic esters (lactones) is 1. The van der Waals surface area contributed by atoms with Gasteiger partial charge in [0.05, 0.1) is 5.56 Å². The molecule has 0 aromatic heterocycles. The van der Waals surface area contributed by atoms with Gasteiger partial charge in [0, 0.05) is 10.6 Å². The van der Waals surface area contributed by atoms with Crippen LogP contribution in [0.2, 0.25) is 5.02 Å². The third-order valence-electron chi connectivity index (χ3n) is 2.66. The maximum absolute atomic E-state index is 11.5. The Morgan fingerprint density at radius 1 is 1.47 bits per heavy atom. The first-order valence-electron chi connectivity index (χ1n) is 5.23. The Kier molecular flexibility index (Phi) is 2.96. The number of carbonyl (C=O) groups is 1. The molecule has 0 fully saturated rings. The molecule has 2 nitrogen and oxygen atoms in total. The van der Waals surface area contributed by atoms with E-state index in [1.54, 1.807) is 18.2 Å². The van der Waals surface area contributed by atoms with Crippen molar-refractivity contribution < 1.29 is 9.53 Å². The number of ether oxygens (including phenoxy) is 1. The SMILES string of the molecule is CCCCC1OC(=O)c2cccc(Cl)c21. The summed E-state index contributed by atoms with van der Waals surface area (Å²) in [5, 5.41) is 0.638. The molecule has 15 heavy (non-hydrogen) atoms. The second-order valence-electron chi connectivity index (χ2n) is 3.74. The predicted octanol–water partition coefficient (Wildman–Crippen LogP) is 3.74. The van der Waals surface area contributed by atoms with Gasteiger partial charge in [0.1, 0.15) is 6.10 Å². The molecule has 0 aliphatic carbocycles. The van der Waals surface area contributed by atoms with Crippen LogP contribution in [0.25, 0.3) is 0 Å². The summed E-state index contributed by atoms with van der Waals surface area (Å²) in [5.41, 5.74) is 1.50. The van der Waals surface area contributed by atoms with Crippen molar-refractivity contribution in [2.75, 3.05) is 0 Å². The molecule has 3 heteroatoms. The minimum absolute atomic E-state index is 0.138. The van der Waals surface area contributed by atoms with E-state index in [-0.39, 0.29) is 12.1 Å². The van der Waals surface area contributed by atoms with Gasteiger partial charge >= 0.3 is 5.97 Å². The minimum atomic E-state index is -0.242. The standard InChI is InChI=1S/C12H13ClO2/c1-2-3-7-10-11-8(12(14)15-10)5-4-6-9(11)13/h4-6,10H,2-3,7H2,1H3. The quantitative estimate of drug-likeness (QED) is 0.731. The molecule has 0 radical (unpaired) electrons. The number of halogens is 1. The van der Waals surface area contributed by atoms with Crippen LogP contribution in [0.3, 0.4) is 0 Å². The lowest BCUT2D eigenvalue weighted by atomic mass is 10.0. The Bertz CT molecular complexity index is 387. The summed E-state index contributed by atoms with van der Waals surface area (Å²) >= 11 is 6.08. The highest BCUT2D eigenvalue weighted by atomic mass is 35.5. The van der Waals surface area contributed by atoms with Crippen molar-refractivity contribution in [1.29, 1.82) is 0 Å². The van der Waals surface area contributed by atoms with Crippen LogP contribution in [0.1, 0.15) is 48.2 Å². The fraction of sp³-hybridized carbons (Fsp3) is 0.417. The van der Waals surface area contributed by atoms with Crippen LogP contribution in [0.15, 0.2) is 18.2 Å².